The first kappa shape index (κ1) is 13.3. The summed E-state index contributed by atoms with van der Waals surface area (Å²) in [6.45, 7) is 8.77. The molecule has 0 saturated carbocycles. The van der Waals surface area contributed by atoms with Gasteiger partial charge in [0.1, 0.15) is 5.60 Å². The Morgan fingerprint density at radius 1 is 1.50 bits per heavy atom. The number of nitrogens with one attached hydrogen (secondary N) is 2. The minimum Gasteiger partial charge on any atom is -0.444 e. The van der Waals surface area contributed by atoms with Crippen molar-refractivity contribution in [1.82, 2.24) is 10.6 Å². The molecule has 4 heteroatoms. The van der Waals surface area contributed by atoms with Crippen LogP contribution in [0.3, 0.4) is 0 Å². The van der Waals surface area contributed by atoms with Gasteiger partial charge in [-0.05, 0) is 46.6 Å². The molecule has 16 heavy (non-hydrogen) atoms. The van der Waals surface area contributed by atoms with Crippen LogP contribution < -0.4 is 10.6 Å². The molecule has 1 aliphatic heterocycles. The highest BCUT2D eigenvalue weighted by molar-refractivity contribution is 5.68. The van der Waals surface area contributed by atoms with Crippen molar-refractivity contribution in [3.63, 3.8) is 0 Å². The van der Waals surface area contributed by atoms with Crippen LogP contribution in [-0.4, -0.2) is 30.3 Å². The third kappa shape index (κ3) is 4.84. The molecule has 0 bridgehead atoms. The minimum absolute atomic E-state index is 0.251. The van der Waals surface area contributed by atoms with Crippen LogP contribution in [0, 0.1) is 0 Å². The molecule has 2 N–H and O–H groups in total. The van der Waals surface area contributed by atoms with E-state index >= 15 is 0 Å². The van der Waals surface area contributed by atoms with E-state index in [0.29, 0.717) is 6.04 Å². The van der Waals surface area contributed by atoms with Gasteiger partial charge in [0.2, 0.25) is 0 Å². The molecule has 1 fully saturated rings. The van der Waals surface area contributed by atoms with E-state index in [0.717, 1.165) is 25.8 Å². The summed E-state index contributed by atoms with van der Waals surface area (Å²) in [4.78, 5) is 11.6. The van der Waals surface area contributed by atoms with Crippen LogP contribution in [0.2, 0.25) is 0 Å². The van der Waals surface area contributed by atoms with Crippen LogP contribution in [0.4, 0.5) is 4.79 Å². The number of hydrogen-bond acceptors (Lipinski definition) is 3. The topological polar surface area (TPSA) is 50.4 Å². The lowest BCUT2D eigenvalue weighted by Gasteiger charge is -2.31. The fourth-order valence-electron chi connectivity index (χ4n) is 1.92. The summed E-state index contributed by atoms with van der Waals surface area (Å²) in [5.41, 5.74) is -0.416. The molecule has 0 aromatic carbocycles. The monoisotopic (exact) mass is 228 g/mol. The Hall–Kier alpha value is -0.770. The van der Waals surface area contributed by atoms with Crippen LogP contribution in [0.1, 0.15) is 47.0 Å². The molecule has 2 atom stereocenters. The summed E-state index contributed by atoms with van der Waals surface area (Å²) in [5.74, 6) is 0. The van der Waals surface area contributed by atoms with Crippen molar-refractivity contribution in [2.45, 2.75) is 64.6 Å². The molecular formula is C12H24N2O2. The number of ether oxygens (including phenoxy) is 1. The smallest absolute Gasteiger partial charge is 0.407 e. The summed E-state index contributed by atoms with van der Waals surface area (Å²) in [6, 6.07) is 0.773. The molecule has 0 aromatic rings. The Kier molecular flexibility index (Phi) is 4.59. The third-order valence-electron chi connectivity index (χ3n) is 2.71. The maximum Gasteiger partial charge on any atom is 0.407 e. The second-order valence-electron chi connectivity index (χ2n) is 5.43. The Bertz CT molecular complexity index is 236. The normalized spacial score (nSPS) is 26.2. The fraction of sp³-hybridized carbons (Fsp3) is 0.917. The molecular weight excluding hydrogens is 204 g/mol. The van der Waals surface area contributed by atoms with Gasteiger partial charge >= 0.3 is 6.09 Å². The zero-order valence-electron chi connectivity index (χ0n) is 10.8. The first-order valence-electron chi connectivity index (χ1n) is 6.13. The number of amides is 1. The number of piperidine rings is 1. The van der Waals surface area contributed by atoms with E-state index in [4.69, 9.17) is 4.74 Å². The van der Waals surface area contributed by atoms with E-state index in [1.165, 1.54) is 0 Å². The van der Waals surface area contributed by atoms with Gasteiger partial charge < -0.3 is 15.4 Å². The lowest BCUT2D eigenvalue weighted by Crippen LogP contribution is -2.48. The highest BCUT2D eigenvalue weighted by Gasteiger charge is 2.24. The van der Waals surface area contributed by atoms with Gasteiger partial charge in [0, 0.05) is 12.1 Å². The second kappa shape index (κ2) is 5.53. The molecule has 94 valence electrons. The maximum atomic E-state index is 11.6. The fourth-order valence-corrected chi connectivity index (χ4v) is 1.92. The van der Waals surface area contributed by atoms with Crippen LogP contribution in [-0.2, 0) is 4.74 Å². The van der Waals surface area contributed by atoms with Gasteiger partial charge in [-0.2, -0.15) is 0 Å². The quantitative estimate of drug-likeness (QED) is 0.760. The molecule has 0 spiro atoms. The van der Waals surface area contributed by atoms with Gasteiger partial charge in [0.15, 0.2) is 0 Å². The van der Waals surface area contributed by atoms with Crippen molar-refractivity contribution in [2.75, 3.05) is 6.54 Å². The Labute approximate surface area is 98.1 Å². The summed E-state index contributed by atoms with van der Waals surface area (Å²) >= 11 is 0. The largest absolute Gasteiger partial charge is 0.444 e. The van der Waals surface area contributed by atoms with Crippen molar-refractivity contribution in [3.05, 3.63) is 0 Å². The van der Waals surface area contributed by atoms with Crippen LogP contribution in [0.25, 0.3) is 0 Å². The number of carbonyl (C=O) groups excluding carboxylic acids is 1. The van der Waals surface area contributed by atoms with Crippen molar-refractivity contribution < 1.29 is 9.53 Å². The molecule has 1 aliphatic rings. The molecule has 1 rings (SSSR count). The summed E-state index contributed by atoms with van der Waals surface area (Å²) in [5, 5.41) is 6.37. The third-order valence-corrected chi connectivity index (χ3v) is 2.71. The highest BCUT2D eigenvalue weighted by Crippen LogP contribution is 2.12. The maximum absolute atomic E-state index is 11.6. The molecule has 1 saturated heterocycles. The number of hydrogen-bond donors (Lipinski definition) is 2. The second-order valence-corrected chi connectivity index (χ2v) is 5.43. The van der Waals surface area contributed by atoms with Crippen LogP contribution in [0.15, 0.2) is 0 Å². The van der Waals surface area contributed by atoms with Gasteiger partial charge in [0.05, 0.1) is 0 Å². The van der Waals surface area contributed by atoms with Crippen molar-refractivity contribution >= 4 is 6.09 Å². The summed E-state index contributed by atoms with van der Waals surface area (Å²) in [6.07, 6.45) is 2.78. The van der Waals surface area contributed by atoms with Gasteiger partial charge in [-0.1, -0.05) is 6.92 Å². The first-order valence-corrected chi connectivity index (χ1v) is 6.13. The predicted molar refractivity (Wildman–Crippen MR) is 64.5 cm³/mol. The number of alkyl carbamates (subject to hydrolysis) is 1. The zero-order valence-corrected chi connectivity index (χ0v) is 10.8. The molecule has 1 heterocycles. The van der Waals surface area contributed by atoms with Crippen LogP contribution >= 0.6 is 0 Å². The Morgan fingerprint density at radius 2 is 2.19 bits per heavy atom. The molecule has 0 aromatic heterocycles. The zero-order chi connectivity index (χ0) is 12.2. The van der Waals surface area contributed by atoms with E-state index in [1.807, 2.05) is 20.8 Å². The first-order chi connectivity index (χ1) is 7.40. The minimum atomic E-state index is -0.416. The van der Waals surface area contributed by atoms with Crippen molar-refractivity contribution in [3.8, 4) is 0 Å². The van der Waals surface area contributed by atoms with E-state index in [2.05, 4.69) is 17.6 Å². The predicted octanol–water partition coefficient (Wildman–Crippen LogP) is 2.04. The van der Waals surface area contributed by atoms with Gasteiger partial charge in [-0.15, -0.1) is 0 Å². The molecule has 4 nitrogen and oxygen atoms in total. The van der Waals surface area contributed by atoms with Crippen molar-refractivity contribution in [1.29, 1.82) is 0 Å². The molecule has 0 unspecified atom stereocenters. The van der Waals surface area contributed by atoms with E-state index in [1.54, 1.807) is 0 Å². The summed E-state index contributed by atoms with van der Waals surface area (Å²) < 4.78 is 5.24. The highest BCUT2D eigenvalue weighted by atomic mass is 16.6. The van der Waals surface area contributed by atoms with Crippen molar-refractivity contribution in [2.24, 2.45) is 0 Å². The van der Waals surface area contributed by atoms with Gasteiger partial charge in [-0.3, -0.25) is 0 Å². The summed E-state index contributed by atoms with van der Waals surface area (Å²) in [7, 11) is 0. The lowest BCUT2D eigenvalue weighted by molar-refractivity contribution is 0.0490. The number of rotatable bonds is 2. The van der Waals surface area contributed by atoms with E-state index in [9.17, 15) is 4.79 Å². The van der Waals surface area contributed by atoms with Gasteiger partial charge in [-0.25, -0.2) is 4.79 Å². The average molecular weight is 228 g/mol. The Morgan fingerprint density at radius 3 is 2.75 bits per heavy atom. The average Bonchev–Trinajstić information content (AvgIpc) is 2.15. The number of carbonyl (C=O) groups is 1. The molecule has 1 amide bonds. The lowest BCUT2D eigenvalue weighted by atomic mass is 9.98. The van der Waals surface area contributed by atoms with Gasteiger partial charge in [0.25, 0.3) is 0 Å². The van der Waals surface area contributed by atoms with E-state index < -0.39 is 5.60 Å². The SMILES string of the molecule is CC[C@H]1C[C@@H](NC(=O)OC(C)(C)C)CCN1. The Balaban J connectivity index is 2.33. The molecule has 0 aliphatic carbocycles. The van der Waals surface area contributed by atoms with Crippen LogP contribution in [0.5, 0.6) is 0 Å². The standard InChI is InChI=1S/C12H24N2O2/c1-5-9-8-10(6-7-13-9)14-11(15)16-12(2,3)4/h9-10,13H,5-8H2,1-4H3,(H,14,15)/t9-,10-/m0/s1. The molecule has 0 radical (unpaired) electrons. The van der Waals surface area contributed by atoms with E-state index in [-0.39, 0.29) is 12.1 Å².